The summed E-state index contributed by atoms with van der Waals surface area (Å²) in [6.45, 7) is 0. The van der Waals surface area contributed by atoms with E-state index in [1.54, 1.807) is 0 Å². The Kier molecular flexibility index (Phi) is 7.43. The van der Waals surface area contributed by atoms with Crippen molar-refractivity contribution in [3.63, 3.8) is 0 Å². The summed E-state index contributed by atoms with van der Waals surface area (Å²) in [5.74, 6) is 0. The molecular weight excluding hydrogens is 413 g/mol. The Labute approximate surface area is 166 Å². The first kappa shape index (κ1) is 24.4. The molecule has 2 aromatic rings. The molecule has 0 N–H and O–H groups in total. The molecule has 0 spiro atoms. The van der Waals surface area contributed by atoms with Crippen LogP contribution in [0, 0.1) is 0 Å². The zero-order valence-corrected chi connectivity index (χ0v) is 17.1. The van der Waals surface area contributed by atoms with Gasteiger partial charge in [0.2, 0.25) is 5.71 Å². The Morgan fingerprint density at radius 2 is 1.24 bits per heavy atom. The van der Waals surface area contributed by atoms with Crippen molar-refractivity contribution in [2.24, 2.45) is 0 Å². The summed E-state index contributed by atoms with van der Waals surface area (Å²) in [7, 11) is -4.48. The van der Waals surface area contributed by atoms with Gasteiger partial charge in [0.1, 0.15) is 14.1 Å². The zero-order valence-electron chi connectivity index (χ0n) is 16.2. The van der Waals surface area contributed by atoms with Crippen molar-refractivity contribution < 1.29 is 29.8 Å². The van der Waals surface area contributed by atoms with Gasteiger partial charge in [-0.25, -0.2) is 4.58 Å². The van der Waals surface area contributed by atoms with Crippen molar-refractivity contribution in [2.45, 2.75) is 0 Å². The fraction of sp³-hybridized carbons (Fsp3) is 0.150. The van der Waals surface area contributed by atoms with Crippen LogP contribution >= 0.6 is 7.81 Å². The topological polar surface area (TPSA) is 6.25 Å². The van der Waals surface area contributed by atoms with E-state index >= 15 is 0 Å². The van der Waals surface area contributed by atoms with E-state index in [9.17, 15) is 25.2 Å². The molecule has 2 rings (SSSR count). The van der Waals surface area contributed by atoms with Gasteiger partial charge >= 0.3 is 33.0 Å². The van der Waals surface area contributed by atoms with Crippen LogP contribution in [0.4, 0.5) is 30.9 Å². The molecule has 0 fully saturated rings. The van der Waals surface area contributed by atoms with E-state index in [-0.39, 0.29) is 0 Å². The number of benzene rings is 2. The van der Waals surface area contributed by atoms with E-state index in [1.165, 1.54) is 17.0 Å². The van der Waals surface area contributed by atoms with E-state index in [1.807, 2.05) is 31.3 Å². The Morgan fingerprint density at radius 1 is 0.793 bits per heavy atom. The van der Waals surface area contributed by atoms with Gasteiger partial charge in [-0.15, -0.1) is 0 Å². The Bertz CT molecular complexity index is 858. The molecule has 160 valence electrons. The molecule has 0 heterocycles. The molecule has 2 nitrogen and oxygen atoms in total. The molecular formula is C20H23F6N2P. The summed E-state index contributed by atoms with van der Waals surface area (Å²) in [6, 6.07) is 20.7. The van der Waals surface area contributed by atoms with Crippen LogP contribution in [0.15, 0.2) is 85.1 Å². The number of rotatable bonds is 5. The van der Waals surface area contributed by atoms with Crippen LogP contribution in [0.5, 0.6) is 0 Å². The average Bonchev–Trinajstić information content (AvgIpc) is 2.60. The maximum atomic E-state index is 9.87. The molecule has 29 heavy (non-hydrogen) atoms. The van der Waals surface area contributed by atoms with Crippen LogP contribution in [0.3, 0.4) is 0 Å². The minimum atomic E-state index is -10.7. The monoisotopic (exact) mass is 436 g/mol. The fourth-order valence-corrected chi connectivity index (χ4v) is 2.19. The summed E-state index contributed by atoms with van der Waals surface area (Å²) in [6.07, 6.45) is 8.32. The van der Waals surface area contributed by atoms with Crippen molar-refractivity contribution in [2.75, 3.05) is 26.0 Å². The predicted molar refractivity (Wildman–Crippen MR) is 109 cm³/mol. The van der Waals surface area contributed by atoms with Crippen LogP contribution in [-0.4, -0.2) is 31.4 Å². The minimum absolute atomic E-state index is 1.17. The van der Waals surface area contributed by atoms with E-state index in [0.29, 0.717) is 0 Å². The number of para-hydroxylation sites is 1. The molecule has 0 bridgehead atoms. The SMILES string of the molecule is CN(/C=C/C=C/C(c1ccccc1)=[N+](C)C)c1ccccc1.F[P-](F)(F)(F)(F)F. The van der Waals surface area contributed by atoms with E-state index in [2.05, 4.69) is 84.4 Å². The summed E-state index contributed by atoms with van der Waals surface area (Å²) in [5.41, 5.74) is 3.58. The normalized spacial score (nSPS) is 14.0. The molecule has 0 aliphatic heterocycles. The van der Waals surface area contributed by atoms with Gasteiger partial charge < -0.3 is 4.90 Å². The summed E-state index contributed by atoms with van der Waals surface area (Å²) in [5, 5.41) is 0. The molecule has 0 saturated heterocycles. The van der Waals surface area contributed by atoms with Gasteiger partial charge in [0.15, 0.2) is 0 Å². The zero-order chi connectivity index (χ0) is 22.2. The third kappa shape index (κ3) is 13.2. The number of hydrogen-bond acceptors (Lipinski definition) is 1. The van der Waals surface area contributed by atoms with Crippen molar-refractivity contribution >= 4 is 19.2 Å². The standard InChI is InChI=1S/C20H23N2.F6P/c1-21(2)20(18-12-6-4-7-13-18)16-10-11-17-22(3)19-14-8-5-9-15-19;1-7(2,3,4,5)6/h4-17H,1-3H3;/q+1;-1. The molecule has 9 heteroatoms. The molecule has 0 saturated carbocycles. The molecule has 0 aliphatic rings. The van der Waals surface area contributed by atoms with E-state index < -0.39 is 7.81 Å². The van der Waals surface area contributed by atoms with Gasteiger partial charge in [-0.1, -0.05) is 42.5 Å². The molecule has 0 atom stereocenters. The average molecular weight is 436 g/mol. The van der Waals surface area contributed by atoms with Crippen molar-refractivity contribution in [1.82, 2.24) is 0 Å². The Balaban J connectivity index is 0.000000516. The van der Waals surface area contributed by atoms with Gasteiger partial charge in [0.05, 0.1) is 0 Å². The van der Waals surface area contributed by atoms with Crippen molar-refractivity contribution in [1.29, 1.82) is 0 Å². The predicted octanol–water partition coefficient (Wildman–Crippen LogP) is 7.34. The molecule has 2 aromatic carbocycles. The summed E-state index contributed by atoms with van der Waals surface area (Å²) >= 11 is 0. The second kappa shape index (κ2) is 8.82. The molecule has 0 unspecified atom stereocenters. The number of hydrogen-bond donors (Lipinski definition) is 0. The molecule has 0 aliphatic carbocycles. The van der Waals surface area contributed by atoms with Gasteiger partial charge in [-0.2, -0.15) is 0 Å². The van der Waals surface area contributed by atoms with Gasteiger partial charge in [0.25, 0.3) is 0 Å². The number of halogens is 6. The van der Waals surface area contributed by atoms with Crippen molar-refractivity contribution in [3.8, 4) is 0 Å². The van der Waals surface area contributed by atoms with Crippen LogP contribution < -0.4 is 4.90 Å². The number of allylic oxidation sites excluding steroid dienone is 3. The second-order valence-electron chi connectivity index (χ2n) is 6.25. The van der Waals surface area contributed by atoms with Crippen LogP contribution in [0.25, 0.3) is 0 Å². The van der Waals surface area contributed by atoms with Gasteiger partial charge in [0, 0.05) is 30.6 Å². The quantitative estimate of drug-likeness (QED) is 0.156. The summed E-state index contributed by atoms with van der Waals surface area (Å²) in [4.78, 5) is 2.10. The van der Waals surface area contributed by atoms with Crippen LogP contribution in [0.1, 0.15) is 5.56 Å². The first-order valence-electron chi connectivity index (χ1n) is 8.42. The molecule has 0 radical (unpaired) electrons. The second-order valence-corrected chi connectivity index (χ2v) is 8.17. The van der Waals surface area contributed by atoms with Crippen LogP contribution in [0.2, 0.25) is 0 Å². The first-order valence-corrected chi connectivity index (χ1v) is 10.4. The first-order chi connectivity index (χ1) is 13.1. The molecule has 0 aromatic heterocycles. The fourth-order valence-electron chi connectivity index (χ4n) is 2.19. The number of anilines is 1. The van der Waals surface area contributed by atoms with Gasteiger partial charge in [-0.05, 0) is 30.3 Å². The number of nitrogens with zero attached hydrogens (tertiary/aromatic N) is 2. The van der Waals surface area contributed by atoms with Crippen molar-refractivity contribution in [3.05, 3.63) is 90.7 Å². The third-order valence-electron chi connectivity index (χ3n) is 3.39. The van der Waals surface area contributed by atoms with E-state index in [4.69, 9.17) is 0 Å². The van der Waals surface area contributed by atoms with E-state index in [0.717, 1.165) is 0 Å². The maximum absolute atomic E-state index is 10.7. The van der Waals surface area contributed by atoms with Crippen LogP contribution in [-0.2, 0) is 0 Å². The summed E-state index contributed by atoms with van der Waals surface area (Å²) < 4.78 is 61.3. The molecule has 0 amide bonds. The Hall–Kier alpha value is -2.60. The third-order valence-corrected chi connectivity index (χ3v) is 3.39. The Morgan fingerprint density at radius 3 is 1.69 bits per heavy atom. The van der Waals surface area contributed by atoms with Gasteiger partial charge in [-0.3, -0.25) is 0 Å².